The van der Waals surface area contributed by atoms with Gasteiger partial charge in [-0.2, -0.15) is 4.39 Å². The summed E-state index contributed by atoms with van der Waals surface area (Å²) in [5.74, 6) is -2.69. The average Bonchev–Trinajstić information content (AvgIpc) is 3.15. The number of alkyl halides is 1. The summed E-state index contributed by atoms with van der Waals surface area (Å²) in [5, 5.41) is 10.0. The number of hydrogen-bond acceptors (Lipinski definition) is 3. The van der Waals surface area contributed by atoms with Gasteiger partial charge in [-0.3, -0.25) is 0 Å². The highest BCUT2D eigenvalue weighted by Gasteiger charge is 2.48. The Bertz CT molecular complexity index is 794. The fourth-order valence-corrected chi connectivity index (χ4v) is 2.49. The minimum atomic E-state index is -1.04. The second-order valence-corrected chi connectivity index (χ2v) is 5.90. The molecule has 1 saturated carbocycles. The van der Waals surface area contributed by atoms with Crippen LogP contribution in [0.25, 0.3) is 11.1 Å². The molecule has 0 bridgehead atoms. The van der Waals surface area contributed by atoms with Crippen LogP contribution in [-0.2, 0) is 4.87 Å². The molecule has 21 heavy (non-hydrogen) atoms. The monoisotopic (exact) mass is 312 g/mol. The zero-order valence-corrected chi connectivity index (χ0v) is 11.8. The Balaban J connectivity index is 2.25. The maximum atomic E-state index is 14.2. The topological polar surface area (TPSA) is 50.4 Å². The summed E-state index contributed by atoms with van der Waals surface area (Å²) in [4.78, 5) is 11.0. The van der Waals surface area contributed by atoms with Gasteiger partial charge in [-0.25, -0.2) is 9.18 Å². The molecular weight excluding hydrogens is 302 g/mol. The molecule has 0 aliphatic heterocycles. The lowest BCUT2D eigenvalue weighted by atomic mass is 10.0. The molecule has 3 nitrogen and oxygen atoms in total. The molecule has 1 aromatic heterocycles. The third kappa shape index (κ3) is 2.21. The number of benzene rings is 1. The number of hydrogen-bond donors (Lipinski definition) is 1. The van der Waals surface area contributed by atoms with Crippen LogP contribution in [0.3, 0.4) is 0 Å². The Morgan fingerprint density at radius 1 is 1.33 bits per heavy atom. The normalized spacial score (nSPS) is 16.0. The molecular formula is C15H11ClF2O3. The van der Waals surface area contributed by atoms with Crippen LogP contribution in [0.1, 0.15) is 24.2 Å². The van der Waals surface area contributed by atoms with Crippen LogP contribution < -0.4 is 5.63 Å². The van der Waals surface area contributed by atoms with Gasteiger partial charge in [0.25, 0.3) is 0 Å². The Morgan fingerprint density at radius 3 is 2.57 bits per heavy atom. The van der Waals surface area contributed by atoms with Gasteiger partial charge in [-0.15, -0.1) is 11.6 Å². The van der Waals surface area contributed by atoms with E-state index in [1.165, 1.54) is 12.1 Å². The first-order valence-corrected chi connectivity index (χ1v) is 6.73. The smallest absolute Gasteiger partial charge is 0.347 e. The van der Waals surface area contributed by atoms with Crippen LogP contribution in [0.15, 0.2) is 27.4 Å². The van der Waals surface area contributed by atoms with Crippen molar-refractivity contribution >= 4 is 11.6 Å². The van der Waals surface area contributed by atoms with Crippen LogP contribution in [0.4, 0.5) is 8.78 Å². The van der Waals surface area contributed by atoms with Crippen molar-refractivity contribution in [2.75, 3.05) is 0 Å². The molecule has 1 N–H and O–H groups in total. The maximum absolute atomic E-state index is 14.2. The van der Waals surface area contributed by atoms with Gasteiger partial charge in [0.15, 0.2) is 11.5 Å². The van der Waals surface area contributed by atoms with E-state index in [4.69, 9.17) is 16.0 Å². The fourth-order valence-electron chi connectivity index (χ4n) is 2.27. The number of halogens is 3. The molecule has 1 aromatic carbocycles. The second-order valence-electron chi connectivity index (χ2n) is 5.18. The summed E-state index contributed by atoms with van der Waals surface area (Å²) in [6, 6.07) is 3.60. The molecule has 6 heteroatoms. The predicted octanol–water partition coefficient (Wildman–Crippen LogP) is 3.83. The maximum Gasteiger partial charge on any atom is 0.347 e. The summed E-state index contributed by atoms with van der Waals surface area (Å²) in [6.45, 7) is 1.55. The summed E-state index contributed by atoms with van der Waals surface area (Å²) >= 11 is 6.04. The zero-order valence-electron chi connectivity index (χ0n) is 11.0. The van der Waals surface area contributed by atoms with Crippen molar-refractivity contribution in [3.05, 3.63) is 51.6 Å². The molecule has 1 heterocycles. The highest BCUT2D eigenvalue weighted by atomic mass is 35.5. The van der Waals surface area contributed by atoms with Gasteiger partial charge in [0, 0.05) is 0 Å². The van der Waals surface area contributed by atoms with Gasteiger partial charge < -0.3 is 9.52 Å². The SMILES string of the molecule is Cc1cc(F)ccc1-c1c(O)c(F)c(C2(Cl)CC2)oc1=O. The highest BCUT2D eigenvalue weighted by Crippen LogP contribution is 2.53. The largest absolute Gasteiger partial charge is 0.504 e. The molecule has 0 unspecified atom stereocenters. The molecule has 110 valence electrons. The lowest BCUT2D eigenvalue weighted by molar-refractivity contribution is 0.363. The first-order chi connectivity index (χ1) is 9.83. The molecule has 1 aliphatic rings. The second kappa shape index (κ2) is 4.56. The van der Waals surface area contributed by atoms with Crippen LogP contribution in [0.5, 0.6) is 5.75 Å². The van der Waals surface area contributed by atoms with Gasteiger partial charge in [0.1, 0.15) is 16.3 Å². The number of aromatic hydroxyl groups is 1. The molecule has 3 rings (SSSR count). The van der Waals surface area contributed by atoms with Crippen molar-refractivity contribution in [1.82, 2.24) is 0 Å². The first-order valence-electron chi connectivity index (χ1n) is 6.35. The van der Waals surface area contributed by atoms with E-state index in [1.54, 1.807) is 6.92 Å². The van der Waals surface area contributed by atoms with Gasteiger partial charge in [0.05, 0.1) is 0 Å². The van der Waals surface area contributed by atoms with E-state index in [0.717, 1.165) is 6.07 Å². The van der Waals surface area contributed by atoms with E-state index < -0.39 is 27.9 Å². The van der Waals surface area contributed by atoms with Crippen molar-refractivity contribution in [2.24, 2.45) is 0 Å². The zero-order chi connectivity index (χ0) is 15.4. The van der Waals surface area contributed by atoms with Crippen molar-refractivity contribution in [3.63, 3.8) is 0 Å². The van der Waals surface area contributed by atoms with Gasteiger partial charge in [-0.1, -0.05) is 6.07 Å². The van der Waals surface area contributed by atoms with Crippen molar-refractivity contribution in [2.45, 2.75) is 24.6 Å². The molecule has 0 saturated heterocycles. The molecule has 0 atom stereocenters. The van der Waals surface area contributed by atoms with Gasteiger partial charge >= 0.3 is 5.63 Å². The summed E-state index contributed by atoms with van der Waals surface area (Å²) < 4.78 is 32.3. The molecule has 1 aliphatic carbocycles. The van der Waals surface area contributed by atoms with E-state index in [9.17, 15) is 18.7 Å². The quantitative estimate of drug-likeness (QED) is 0.857. The minimum absolute atomic E-state index is 0.215. The Labute approximate surface area is 123 Å². The van der Waals surface area contributed by atoms with E-state index in [-0.39, 0.29) is 16.9 Å². The minimum Gasteiger partial charge on any atom is -0.504 e. The van der Waals surface area contributed by atoms with E-state index in [1.807, 2.05) is 0 Å². The van der Waals surface area contributed by atoms with Crippen LogP contribution in [-0.4, -0.2) is 5.11 Å². The molecule has 2 aromatic rings. The Hall–Kier alpha value is -1.88. The lowest BCUT2D eigenvalue weighted by Gasteiger charge is -2.12. The molecule has 0 spiro atoms. The average molecular weight is 313 g/mol. The van der Waals surface area contributed by atoms with E-state index in [2.05, 4.69) is 0 Å². The Kier molecular flexibility index (Phi) is 3.06. The summed E-state index contributed by atoms with van der Waals surface area (Å²) in [5.41, 5.74) is -0.621. The highest BCUT2D eigenvalue weighted by molar-refractivity contribution is 6.25. The molecule has 1 fully saturated rings. The summed E-state index contributed by atoms with van der Waals surface area (Å²) in [7, 11) is 0. The van der Waals surface area contributed by atoms with Gasteiger partial charge in [0.2, 0.25) is 5.82 Å². The standard InChI is InChI=1S/C15H11ClF2O3/c1-7-6-8(17)2-3-9(7)10-12(19)11(18)13(21-14(10)20)15(16)4-5-15/h2-3,6,19H,4-5H2,1H3. The fraction of sp³-hybridized carbons (Fsp3) is 0.267. The van der Waals surface area contributed by atoms with Crippen molar-refractivity contribution in [1.29, 1.82) is 0 Å². The van der Waals surface area contributed by atoms with E-state index >= 15 is 0 Å². The number of rotatable bonds is 2. The van der Waals surface area contributed by atoms with Crippen molar-refractivity contribution < 1.29 is 18.3 Å². The summed E-state index contributed by atoms with van der Waals surface area (Å²) in [6.07, 6.45) is 0.950. The van der Waals surface area contributed by atoms with Crippen LogP contribution in [0.2, 0.25) is 0 Å². The number of aryl methyl sites for hydroxylation is 1. The predicted molar refractivity (Wildman–Crippen MR) is 73.5 cm³/mol. The van der Waals surface area contributed by atoms with E-state index in [0.29, 0.717) is 18.4 Å². The van der Waals surface area contributed by atoms with Crippen molar-refractivity contribution in [3.8, 4) is 16.9 Å². The Morgan fingerprint density at radius 2 is 2.00 bits per heavy atom. The molecule has 0 amide bonds. The van der Waals surface area contributed by atoms with Crippen LogP contribution in [0, 0.1) is 18.6 Å². The van der Waals surface area contributed by atoms with Gasteiger partial charge in [-0.05, 0) is 43.0 Å². The third-order valence-corrected chi connectivity index (χ3v) is 4.15. The lowest BCUT2D eigenvalue weighted by Crippen LogP contribution is -2.12. The van der Waals surface area contributed by atoms with Crippen LogP contribution >= 0.6 is 11.6 Å². The third-order valence-electron chi connectivity index (χ3n) is 3.60. The molecule has 0 radical (unpaired) electrons. The first kappa shape index (κ1) is 14.1.